The Morgan fingerprint density at radius 1 is 1.33 bits per heavy atom. The molecule has 1 aromatic carbocycles. The van der Waals surface area contributed by atoms with Gasteiger partial charge in [0.25, 0.3) is 0 Å². The van der Waals surface area contributed by atoms with E-state index in [2.05, 4.69) is 0 Å². The summed E-state index contributed by atoms with van der Waals surface area (Å²) in [6.45, 7) is 1.90. The lowest BCUT2D eigenvalue weighted by atomic mass is 10.1. The van der Waals surface area contributed by atoms with E-state index < -0.39 is 24.1 Å². The van der Waals surface area contributed by atoms with Crippen LogP contribution in [0.4, 0.5) is 25.4 Å². The third-order valence-electron chi connectivity index (χ3n) is 5.27. The standard InChI is InChI=1S/C17H21FN4O5/c18-12-5-10(22-7-11(6-19)27-17(22)25)1-2-13(12)20-8-14-15(9-20)26-4-3-21(14)16(23)24/h1-2,5,11,14-15H,3-4,6-9,19H2,(H,23,24). The number of fused-ring (bicyclic) bond motifs is 1. The molecule has 3 N–H and O–H groups in total. The molecule has 3 aliphatic heterocycles. The number of nitrogens with two attached hydrogens (primary N) is 1. The van der Waals surface area contributed by atoms with Crippen LogP contribution in [0.1, 0.15) is 0 Å². The molecule has 3 heterocycles. The molecule has 3 saturated heterocycles. The Bertz CT molecular complexity index is 763. The van der Waals surface area contributed by atoms with Crippen molar-refractivity contribution in [3.63, 3.8) is 0 Å². The molecule has 0 bridgehead atoms. The van der Waals surface area contributed by atoms with Crippen molar-refractivity contribution in [1.82, 2.24) is 4.90 Å². The fraction of sp³-hybridized carbons (Fsp3) is 0.529. The molecule has 146 valence electrons. The molecule has 27 heavy (non-hydrogen) atoms. The summed E-state index contributed by atoms with van der Waals surface area (Å²) in [5.74, 6) is -0.489. The maximum Gasteiger partial charge on any atom is 0.414 e. The summed E-state index contributed by atoms with van der Waals surface area (Å²) in [6.07, 6.45) is -2.22. The highest BCUT2D eigenvalue weighted by Gasteiger charge is 2.43. The van der Waals surface area contributed by atoms with Crippen LogP contribution < -0.4 is 15.5 Å². The Morgan fingerprint density at radius 2 is 2.15 bits per heavy atom. The maximum absolute atomic E-state index is 14.8. The molecule has 0 radical (unpaired) electrons. The van der Waals surface area contributed by atoms with Crippen LogP contribution in [0.25, 0.3) is 0 Å². The van der Waals surface area contributed by atoms with Crippen molar-refractivity contribution in [2.45, 2.75) is 18.2 Å². The van der Waals surface area contributed by atoms with Gasteiger partial charge in [-0.05, 0) is 18.2 Å². The average Bonchev–Trinajstić information content (AvgIpc) is 3.24. The molecule has 10 heteroatoms. The Kier molecular flexibility index (Phi) is 4.52. The topological polar surface area (TPSA) is 109 Å². The number of ether oxygens (including phenoxy) is 2. The highest BCUT2D eigenvalue weighted by molar-refractivity contribution is 5.90. The van der Waals surface area contributed by atoms with E-state index in [9.17, 15) is 19.1 Å². The maximum atomic E-state index is 14.8. The van der Waals surface area contributed by atoms with Crippen molar-refractivity contribution in [2.24, 2.45) is 5.73 Å². The van der Waals surface area contributed by atoms with Gasteiger partial charge < -0.3 is 25.2 Å². The highest BCUT2D eigenvalue weighted by atomic mass is 19.1. The summed E-state index contributed by atoms with van der Waals surface area (Å²) < 4.78 is 25.5. The Morgan fingerprint density at radius 3 is 2.81 bits per heavy atom. The first kappa shape index (κ1) is 17.8. The van der Waals surface area contributed by atoms with Gasteiger partial charge in [0.2, 0.25) is 0 Å². The van der Waals surface area contributed by atoms with Crippen molar-refractivity contribution >= 4 is 23.6 Å². The van der Waals surface area contributed by atoms with Gasteiger partial charge in [0.1, 0.15) is 11.9 Å². The van der Waals surface area contributed by atoms with Gasteiger partial charge in [-0.2, -0.15) is 0 Å². The molecule has 3 aliphatic rings. The highest BCUT2D eigenvalue weighted by Crippen LogP contribution is 2.32. The van der Waals surface area contributed by atoms with Gasteiger partial charge in [-0.25, -0.2) is 14.0 Å². The van der Waals surface area contributed by atoms with Gasteiger partial charge in [0.05, 0.1) is 36.7 Å². The third kappa shape index (κ3) is 3.15. The number of morpholine rings is 1. The van der Waals surface area contributed by atoms with Crippen LogP contribution in [-0.4, -0.2) is 79.8 Å². The summed E-state index contributed by atoms with van der Waals surface area (Å²) in [4.78, 5) is 27.8. The number of carboxylic acid groups (broad SMARTS) is 1. The first-order valence-corrected chi connectivity index (χ1v) is 8.82. The minimum absolute atomic E-state index is 0.208. The zero-order chi connectivity index (χ0) is 19.1. The molecule has 3 fully saturated rings. The number of rotatable bonds is 3. The van der Waals surface area contributed by atoms with Crippen LogP contribution in [0.2, 0.25) is 0 Å². The van der Waals surface area contributed by atoms with Gasteiger partial charge in [0.15, 0.2) is 0 Å². The summed E-state index contributed by atoms with van der Waals surface area (Å²) in [5, 5.41) is 9.34. The Hall–Kier alpha value is -2.59. The number of nitrogens with zero attached hydrogens (tertiary/aromatic N) is 3. The number of anilines is 2. The lowest BCUT2D eigenvalue weighted by Crippen LogP contribution is -2.52. The van der Waals surface area contributed by atoms with Crippen molar-refractivity contribution in [2.75, 3.05) is 49.1 Å². The van der Waals surface area contributed by atoms with Crippen molar-refractivity contribution in [1.29, 1.82) is 0 Å². The van der Waals surface area contributed by atoms with Gasteiger partial charge in [0, 0.05) is 26.2 Å². The summed E-state index contributed by atoms with van der Waals surface area (Å²) in [7, 11) is 0. The monoisotopic (exact) mass is 380 g/mol. The lowest BCUT2D eigenvalue weighted by molar-refractivity contribution is -0.0376. The van der Waals surface area contributed by atoms with Gasteiger partial charge >= 0.3 is 12.2 Å². The number of carbonyl (C=O) groups is 2. The molecular formula is C17H21FN4O5. The zero-order valence-electron chi connectivity index (χ0n) is 14.6. The number of cyclic esters (lactones) is 1. The number of carbonyl (C=O) groups excluding carboxylic acids is 1. The molecule has 3 unspecified atom stereocenters. The fourth-order valence-electron chi connectivity index (χ4n) is 3.90. The quantitative estimate of drug-likeness (QED) is 0.794. The van der Waals surface area contributed by atoms with E-state index in [4.69, 9.17) is 15.2 Å². The second-order valence-corrected chi connectivity index (χ2v) is 6.85. The van der Waals surface area contributed by atoms with E-state index in [1.807, 2.05) is 0 Å². The van der Waals surface area contributed by atoms with Crippen LogP contribution in [0, 0.1) is 5.82 Å². The molecule has 0 aromatic heterocycles. The number of amides is 2. The SMILES string of the molecule is NCC1CN(c2ccc(N3CC4OCCN(C(=O)O)C4C3)c(F)c2)C(=O)O1. The van der Waals surface area contributed by atoms with E-state index in [0.29, 0.717) is 37.6 Å². The number of benzene rings is 1. The van der Waals surface area contributed by atoms with Crippen LogP contribution in [0.5, 0.6) is 0 Å². The molecule has 4 rings (SSSR count). The van der Waals surface area contributed by atoms with Gasteiger partial charge in [-0.1, -0.05) is 0 Å². The first-order valence-electron chi connectivity index (χ1n) is 8.82. The van der Waals surface area contributed by atoms with Crippen LogP contribution >= 0.6 is 0 Å². The fourth-order valence-corrected chi connectivity index (χ4v) is 3.90. The number of halogens is 1. The summed E-state index contributed by atoms with van der Waals surface area (Å²) in [6, 6.07) is 4.20. The van der Waals surface area contributed by atoms with Crippen molar-refractivity contribution in [3.05, 3.63) is 24.0 Å². The molecule has 1 aromatic rings. The van der Waals surface area contributed by atoms with Crippen molar-refractivity contribution < 1.29 is 28.6 Å². The van der Waals surface area contributed by atoms with E-state index in [1.165, 1.54) is 15.9 Å². The molecule has 0 saturated carbocycles. The zero-order valence-corrected chi connectivity index (χ0v) is 14.6. The second-order valence-electron chi connectivity index (χ2n) is 6.85. The summed E-state index contributed by atoms with van der Waals surface area (Å²) >= 11 is 0. The molecule has 0 aliphatic carbocycles. The number of hydrogen-bond donors (Lipinski definition) is 2. The molecule has 3 atom stereocenters. The Labute approximate surface area is 155 Å². The van der Waals surface area contributed by atoms with Gasteiger partial charge in [-0.3, -0.25) is 9.80 Å². The predicted octanol–water partition coefficient (Wildman–Crippen LogP) is 0.677. The summed E-state index contributed by atoms with van der Waals surface area (Å²) in [5.41, 5.74) is 6.27. The van der Waals surface area contributed by atoms with Crippen molar-refractivity contribution in [3.8, 4) is 0 Å². The van der Waals surface area contributed by atoms with Gasteiger partial charge in [-0.15, -0.1) is 0 Å². The van der Waals surface area contributed by atoms with E-state index in [-0.39, 0.29) is 25.2 Å². The van der Waals surface area contributed by atoms with E-state index >= 15 is 0 Å². The third-order valence-corrected chi connectivity index (χ3v) is 5.27. The smallest absolute Gasteiger partial charge is 0.414 e. The second kappa shape index (κ2) is 6.86. The van der Waals surface area contributed by atoms with Crippen LogP contribution in [0.3, 0.4) is 0 Å². The molecular weight excluding hydrogens is 359 g/mol. The first-order chi connectivity index (χ1) is 13.0. The minimum Gasteiger partial charge on any atom is -0.465 e. The van der Waals surface area contributed by atoms with E-state index in [1.54, 1.807) is 17.0 Å². The number of hydrogen-bond acceptors (Lipinski definition) is 6. The minimum atomic E-state index is -0.993. The largest absolute Gasteiger partial charge is 0.465 e. The van der Waals surface area contributed by atoms with Crippen LogP contribution in [-0.2, 0) is 9.47 Å². The molecule has 0 spiro atoms. The van der Waals surface area contributed by atoms with Crippen LogP contribution in [0.15, 0.2) is 18.2 Å². The average molecular weight is 380 g/mol. The normalized spacial score (nSPS) is 27.7. The molecule has 2 amide bonds. The Balaban J connectivity index is 1.52. The predicted molar refractivity (Wildman–Crippen MR) is 93.5 cm³/mol. The molecule has 9 nitrogen and oxygen atoms in total. The van der Waals surface area contributed by atoms with E-state index in [0.717, 1.165) is 0 Å². The lowest BCUT2D eigenvalue weighted by Gasteiger charge is -2.34.